The van der Waals surface area contributed by atoms with Gasteiger partial charge in [0.25, 0.3) is 0 Å². The SMILES string of the molecule is CC/C=C\C/C=C\C/C=C\C/C=C\C/C=C\CCCCCC(=O)NC(COC1OC(CO)C(O)C(O)C1O)C(O)/C=C/CCCCCCCCC. The molecule has 9 heteroatoms. The average Bonchev–Trinajstić information content (AvgIpc) is 3.13. The van der Waals surface area contributed by atoms with Gasteiger partial charge in [0.2, 0.25) is 5.91 Å². The first-order chi connectivity index (χ1) is 24.8. The number of allylic oxidation sites excluding steroid dienone is 11. The third-order valence-corrected chi connectivity index (χ3v) is 8.79. The molecular weight excluding hydrogens is 646 g/mol. The number of hydrogen-bond acceptors (Lipinski definition) is 8. The van der Waals surface area contributed by atoms with E-state index >= 15 is 0 Å². The number of ether oxygens (including phenoxy) is 2. The van der Waals surface area contributed by atoms with Crippen molar-refractivity contribution in [2.75, 3.05) is 13.2 Å². The molecule has 1 saturated heterocycles. The fourth-order valence-electron chi connectivity index (χ4n) is 5.59. The molecular formula is C42H71NO8. The number of nitrogens with one attached hydrogen (secondary N) is 1. The molecule has 0 aromatic carbocycles. The summed E-state index contributed by atoms with van der Waals surface area (Å²) in [7, 11) is 0. The summed E-state index contributed by atoms with van der Waals surface area (Å²) in [5, 5.41) is 53.8. The maximum absolute atomic E-state index is 12.9. The summed E-state index contributed by atoms with van der Waals surface area (Å²) in [5.41, 5.74) is 0. The summed E-state index contributed by atoms with van der Waals surface area (Å²) in [6, 6.07) is -0.823. The van der Waals surface area contributed by atoms with Crippen molar-refractivity contribution in [1.82, 2.24) is 5.32 Å². The molecule has 1 rings (SSSR count). The molecule has 1 fully saturated rings. The van der Waals surface area contributed by atoms with Crippen molar-refractivity contribution in [1.29, 1.82) is 0 Å². The van der Waals surface area contributed by atoms with Crippen molar-refractivity contribution < 1.29 is 39.8 Å². The molecule has 1 aliphatic rings. The van der Waals surface area contributed by atoms with Crippen LogP contribution in [0.2, 0.25) is 0 Å². The number of aliphatic hydroxyl groups is 5. The van der Waals surface area contributed by atoms with Crippen LogP contribution in [0.1, 0.15) is 129 Å². The van der Waals surface area contributed by atoms with Gasteiger partial charge in [-0.05, 0) is 64.2 Å². The molecule has 0 aromatic rings. The lowest BCUT2D eigenvalue weighted by Crippen LogP contribution is -2.60. The Bertz CT molecular complexity index is 1020. The lowest BCUT2D eigenvalue weighted by molar-refractivity contribution is -0.302. The lowest BCUT2D eigenvalue weighted by atomic mass is 9.99. The minimum Gasteiger partial charge on any atom is -0.394 e. The van der Waals surface area contributed by atoms with Crippen LogP contribution >= 0.6 is 0 Å². The summed E-state index contributed by atoms with van der Waals surface area (Å²) < 4.78 is 11.1. The Morgan fingerprint density at radius 1 is 0.686 bits per heavy atom. The molecule has 292 valence electrons. The van der Waals surface area contributed by atoms with Gasteiger partial charge in [0.15, 0.2) is 6.29 Å². The summed E-state index contributed by atoms with van der Waals surface area (Å²) in [6.45, 7) is 3.57. The topological polar surface area (TPSA) is 149 Å². The molecule has 9 nitrogen and oxygen atoms in total. The van der Waals surface area contributed by atoms with Crippen LogP contribution < -0.4 is 5.32 Å². The van der Waals surface area contributed by atoms with Gasteiger partial charge in [-0.2, -0.15) is 0 Å². The van der Waals surface area contributed by atoms with Crippen LogP contribution in [0.3, 0.4) is 0 Å². The highest BCUT2D eigenvalue weighted by Gasteiger charge is 2.44. The monoisotopic (exact) mass is 718 g/mol. The summed E-state index contributed by atoms with van der Waals surface area (Å²) in [5.74, 6) is -0.216. The number of hydrogen-bond donors (Lipinski definition) is 6. The van der Waals surface area contributed by atoms with Gasteiger partial charge in [-0.3, -0.25) is 4.79 Å². The minimum atomic E-state index is -1.57. The molecule has 6 N–H and O–H groups in total. The van der Waals surface area contributed by atoms with Crippen molar-refractivity contribution >= 4 is 5.91 Å². The van der Waals surface area contributed by atoms with Crippen molar-refractivity contribution in [2.45, 2.75) is 172 Å². The Balaban J connectivity index is 2.43. The zero-order chi connectivity index (χ0) is 37.4. The Hall–Kier alpha value is -2.37. The van der Waals surface area contributed by atoms with E-state index in [1.54, 1.807) is 6.08 Å². The highest BCUT2D eigenvalue weighted by Crippen LogP contribution is 2.22. The molecule has 0 bridgehead atoms. The predicted molar refractivity (Wildman–Crippen MR) is 207 cm³/mol. The largest absolute Gasteiger partial charge is 0.394 e. The van der Waals surface area contributed by atoms with Crippen LogP contribution in [-0.4, -0.2) is 87.5 Å². The Morgan fingerprint density at radius 2 is 1.22 bits per heavy atom. The molecule has 0 saturated carbocycles. The van der Waals surface area contributed by atoms with Gasteiger partial charge in [-0.1, -0.05) is 132 Å². The van der Waals surface area contributed by atoms with Crippen molar-refractivity contribution in [3.05, 3.63) is 72.9 Å². The van der Waals surface area contributed by atoms with E-state index in [9.17, 15) is 30.3 Å². The lowest BCUT2D eigenvalue weighted by Gasteiger charge is -2.40. The Morgan fingerprint density at radius 3 is 1.80 bits per heavy atom. The van der Waals surface area contributed by atoms with Crippen LogP contribution in [0.4, 0.5) is 0 Å². The van der Waals surface area contributed by atoms with Gasteiger partial charge in [-0.15, -0.1) is 0 Å². The van der Waals surface area contributed by atoms with E-state index in [-0.39, 0.29) is 12.5 Å². The molecule has 1 aliphatic heterocycles. The highest BCUT2D eigenvalue weighted by atomic mass is 16.7. The second-order valence-electron chi connectivity index (χ2n) is 13.3. The van der Waals surface area contributed by atoms with Crippen molar-refractivity contribution in [2.24, 2.45) is 0 Å². The molecule has 1 heterocycles. The number of carbonyl (C=O) groups excluding carboxylic acids is 1. The number of rotatable bonds is 30. The molecule has 51 heavy (non-hydrogen) atoms. The maximum atomic E-state index is 12.9. The second kappa shape index (κ2) is 32.3. The first-order valence-electron chi connectivity index (χ1n) is 19.7. The zero-order valence-corrected chi connectivity index (χ0v) is 31.6. The van der Waals surface area contributed by atoms with Crippen LogP contribution in [0, 0.1) is 0 Å². The molecule has 0 spiro atoms. The van der Waals surface area contributed by atoms with E-state index < -0.39 is 49.5 Å². The minimum absolute atomic E-state index is 0.207. The van der Waals surface area contributed by atoms with Crippen LogP contribution in [0.5, 0.6) is 0 Å². The van der Waals surface area contributed by atoms with E-state index in [4.69, 9.17) is 9.47 Å². The fourth-order valence-corrected chi connectivity index (χ4v) is 5.59. The molecule has 7 atom stereocenters. The standard InChI is InChI=1S/C42H71NO8/c1-3-5-7-9-11-13-14-15-16-17-18-19-20-21-22-24-26-28-30-32-38(46)43-35(36(45)31-29-27-25-23-12-10-8-6-4-2)34-50-42-41(49)40(48)39(47)37(33-44)51-42/h5,7,11,13,15-16,18-19,21-22,29,31,35-37,39-42,44-45,47-49H,3-4,6,8-10,12,14,17,20,23-28,30,32-34H2,1-2H3,(H,43,46)/b7-5-,13-11-,16-15-,19-18-,22-21-,31-29+. The number of carbonyl (C=O) groups is 1. The number of unbranched alkanes of at least 4 members (excludes halogenated alkanes) is 10. The van der Waals surface area contributed by atoms with Crippen LogP contribution in [0.25, 0.3) is 0 Å². The Kier molecular flexibility index (Phi) is 29.5. The molecule has 7 unspecified atom stereocenters. The van der Waals surface area contributed by atoms with E-state index in [0.717, 1.165) is 70.6 Å². The molecule has 0 radical (unpaired) electrons. The first-order valence-corrected chi connectivity index (χ1v) is 19.7. The maximum Gasteiger partial charge on any atom is 0.220 e. The van der Waals surface area contributed by atoms with E-state index in [1.807, 2.05) is 6.08 Å². The zero-order valence-electron chi connectivity index (χ0n) is 31.6. The normalized spacial score (nSPS) is 22.8. The highest BCUT2D eigenvalue weighted by molar-refractivity contribution is 5.76. The number of aliphatic hydroxyl groups excluding tert-OH is 5. The van der Waals surface area contributed by atoms with Gasteiger partial charge in [0, 0.05) is 6.42 Å². The van der Waals surface area contributed by atoms with Gasteiger partial charge in [0.05, 0.1) is 25.4 Å². The Labute approximate surface area is 308 Å². The number of amides is 1. The predicted octanol–water partition coefficient (Wildman–Crippen LogP) is 7.05. The van der Waals surface area contributed by atoms with E-state index in [0.29, 0.717) is 12.8 Å². The van der Waals surface area contributed by atoms with Gasteiger partial charge in [-0.25, -0.2) is 0 Å². The van der Waals surface area contributed by atoms with Gasteiger partial charge in [0.1, 0.15) is 24.4 Å². The van der Waals surface area contributed by atoms with Gasteiger partial charge < -0.3 is 40.3 Å². The van der Waals surface area contributed by atoms with E-state index in [1.165, 1.54) is 32.1 Å². The third-order valence-electron chi connectivity index (χ3n) is 8.79. The van der Waals surface area contributed by atoms with Crippen molar-refractivity contribution in [3.63, 3.8) is 0 Å². The third kappa shape index (κ3) is 23.7. The van der Waals surface area contributed by atoms with Crippen LogP contribution in [0.15, 0.2) is 72.9 Å². The molecule has 0 aliphatic carbocycles. The molecule has 1 amide bonds. The van der Waals surface area contributed by atoms with E-state index in [2.05, 4.69) is 79.9 Å². The summed E-state index contributed by atoms with van der Waals surface area (Å²) in [4.78, 5) is 12.9. The first kappa shape index (κ1) is 46.7. The second-order valence-corrected chi connectivity index (χ2v) is 13.3. The van der Waals surface area contributed by atoms with Crippen molar-refractivity contribution in [3.8, 4) is 0 Å². The average molecular weight is 718 g/mol. The molecule has 0 aromatic heterocycles. The van der Waals surface area contributed by atoms with Crippen LogP contribution in [-0.2, 0) is 14.3 Å². The van der Waals surface area contributed by atoms with Gasteiger partial charge >= 0.3 is 0 Å². The summed E-state index contributed by atoms with van der Waals surface area (Å²) >= 11 is 0. The fraction of sp³-hybridized carbons (Fsp3) is 0.690. The quantitative estimate of drug-likeness (QED) is 0.0342. The smallest absolute Gasteiger partial charge is 0.220 e. The summed E-state index contributed by atoms with van der Waals surface area (Å²) in [6.07, 6.45) is 35.2.